The molecule has 0 spiro atoms. The molecule has 3 rings (SSSR count). The molecule has 6 heteroatoms. The first-order valence-corrected chi connectivity index (χ1v) is 9.11. The number of hydrogen-bond acceptors (Lipinski definition) is 4. The zero-order valence-corrected chi connectivity index (χ0v) is 16.4. The maximum atomic E-state index is 12.2. The van der Waals surface area contributed by atoms with Crippen molar-refractivity contribution in [1.29, 1.82) is 0 Å². The minimum atomic E-state index is -0.0703. The Labute approximate surface area is 166 Å². The number of rotatable bonds is 7. The van der Waals surface area contributed by atoms with Crippen LogP contribution in [0, 0.1) is 0 Å². The first-order valence-electron chi connectivity index (χ1n) is 9.11. The molecule has 0 bridgehead atoms. The van der Waals surface area contributed by atoms with Crippen LogP contribution in [0.25, 0.3) is 0 Å². The summed E-state index contributed by atoms with van der Waals surface area (Å²) in [5, 5.41) is 6.26. The highest BCUT2D eigenvalue weighted by Gasteiger charge is 2.20. The van der Waals surface area contributed by atoms with Gasteiger partial charge in [0.2, 0.25) is 5.91 Å². The fourth-order valence-corrected chi connectivity index (χ4v) is 3.06. The number of hydrogen-bond donors (Lipinski definition) is 2. The molecule has 1 aliphatic heterocycles. The van der Waals surface area contributed by atoms with Gasteiger partial charge in [-0.15, -0.1) is 12.4 Å². The van der Waals surface area contributed by atoms with E-state index in [9.17, 15) is 4.79 Å². The van der Waals surface area contributed by atoms with Gasteiger partial charge in [0, 0.05) is 6.54 Å². The fourth-order valence-electron chi connectivity index (χ4n) is 3.06. The summed E-state index contributed by atoms with van der Waals surface area (Å²) >= 11 is 0. The highest BCUT2D eigenvalue weighted by molar-refractivity contribution is 5.85. The molecule has 1 saturated heterocycles. The zero-order valence-electron chi connectivity index (χ0n) is 15.6. The molecule has 0 aromatic heterocycles. The predicted molar refractivity (Wildman–Crippen MR) is 109 cm³/mol. The molecule has 1 aliphatic rings. The summed E-state index contributed by atoms with van der Waals surface area (Å²) in [6.07, 6.45) is 3.15. The topological polar surface area (TPSA) is 59.6 Å². The lowest BCUT2D eigenvalue weighted by molar-refractivity contribution is -0.123. The average Bonchev–Trinajstić information content (AvgIpc) is 2.72. The lowest BCUT2D eigenvalue weighted by Crippen LogP contribution is -2.46. The molecule has 1 atom stereocenters. The van der Waals surface area contributed by atoms with E-state index in [1.165, 1.54) is 0 Å². The molecule has 1 unspecified atom stereocenters. The van der Waals surface area contributed by atoms with Crippen LogP contribution < -0.4 is 20.1 Å². The maximum Gasteiger partial charge on any atom is 0.237 e. The monoisotopic (exact) mass is 390 g/mol. The van der Waals surface area contributed by atoms with Crippen molar-refractivity contribution in [2.75, 3.05) is 13.7 Å². The lowest BCUT2D eigenvalue weighted by atomic mass is 10.0. The molecule has 2 aromatic carbocycles. The summed E-state index contributed by atoms with van der Waals surface area (Å²) in [4.78, 5) is 12.2. The fraction of sp³-hybridized carbons (Fsp3) is 0.381. The van der Waals surface area contributed by atoms with E-state index in [1.807, 2.05) is 48.5 Å². The molecule has 0 aliphatic carbocycles. The van der Waals surface area contributed by atoms with Crippen molar-refractivity contribution >= 4 is 18.3 Å². The van der Waals surface area contributed by atoms with Gasteiger partial charge in [0.05, 0.1) is 13.2 Å². The molecule has 0 radical (unpaired) electrons. The van der Waals surface area contributed by atoms with Gasteiger partial charge in [-0.2, -0.15) is 0 Å². The van der Waals surface area contributed by atoms with Gasteiger partial charge in [0.25, 0.3) is 0 Å². The lowest BCUT2D eigenvalue weighted by Gasteiger charge is -2.22. The van der Waals surface area contributed by atoms with E-state index in [0.29, 0.717) is 24.7 Å². The van der Waals surface area contributed by atoms with Gasteiger partial charge in [-0.05, 0) is 42.6 Å². The second-order valence-corrected chi connectivity index (χ2v) is 6.48. The third kappa shape index (κ3) is 6.15. The number of ether oxygens (including phenoxy) is 2. The van der Waals surface area contributed by atoms with Crippen molar-refractivity contribution in [3.05, 3.63) is 59.7 Å². The standard InChI is InChI=1S/C21H26N2O3.ClH/c1-25-20-13-17(14-23-21(24)18-9-5-6-12-22-18)10-11-19(20)26-15-16-7-3-2-4-8-16;/h2-4,7-8,10-11,13,18,22H,5-6,9,12,14-15H2,1H3,(H,23,24);1H. The summed E-state index contributed by atoms with van der Waals surface area (Å²) in [6, 6.07) is 15.7. The predicted octanol–water partition coefficient (Wildman–Crippen LogP) is 3.45. The van der Waals surface area contributed by atoms with Crippen molar-refractivity contribution in [3.8, 4) is 11.5 Å². The minimum absolute atomic E-state index is 0. The van der Waals surface area contributed by atoms with Crippen LogP contribution in [0.4, 0.5) is 0 Å². The van der Waals surface area contributed by atoms with Crippen LogP contribution in [-0.4, -0.2) is 25.6 Å². The SMILES string of the molecule is COc1cc(CNC(=O)C2CCCCN2)ccc1OCc1ccccc1.Cl. The van der Waals surface area contributed by atoms with Crippen LogP contribution in [0.5, 0.6) is 11.5 Å². The summed E-state index contributed by atoms with van der Waals surface area (Å²) in [5.74, 6) is 1.43. The Bertz CT molecular complexity index is 719. The molecule has 146 valence electrons. The van der Waals surface area contributed by atoms with Gasteiger partial charge in [-0.1, -0.05) is 42.8 Å². The normalized spacial score (nSPS) is 16.1. The van der Waals surface area contributed by atoms with Crippen molar-refractivity contribution in [1.82, 2.24) is 10.6 Å². The van der Waals surface area contributed by atoms with Crippen LogP contribution >= 0.6 is 12.4 Å². The Kier molecular flexibility index (Phi) is 8.43. The van der Waals surface area contributed by atoms with E-state index in [0.717, 1.165) is 36.9 Å². The molecule has 2 aromatic rings. The van der Waals surface area contributed by atoms with E-state index < -0.39 is 0 Å². The van der Waals surface area contributed by atoms with Crippen LogP contribution in [0.3, 0.4) is 0 Å². The summed E-state index contributed by atoms with van der Waals surface area (Å²) in [6.45, 7) is 1.88. The quantitative estimate of drug-likeness (QED) is 0.760. The molecular weight excluding hydrogens is 364 g/mol. The highest BCUT2D eigenvalue weighted by atomic mass is 35.5. The van der Waals surface area contributed by atoms with E-state index >= 15 is 0 Å². The minimum Gasteiger partial charge on any atom is -0.493 e. The van der Waals surface area contributed by atoms with Gasteiger partial charge < -0.3 is 20.1 Å². The molecule has 27 heavy (non-hydrogen) atoms. The second kappa shape index (κ2) is 10.8. The Hall–Kier alpha value is -2.24. The third-order valence-electron chi connectivity index (χ3n) is 4.56. The maximum absolute atomic E-state index is 12.2. The number of halogens is 1. The first-order chi connectivity index (χ1) is 12.8. The molecule has 1 amide bonds. The molecule has 2 N–H and O–H groups in total. The van der Waals surface area contributed by atoms with Gasteiger partial charge in [0.15, 0.2) is 11.5 Å². The number of amides is 1. The summed E-state index contributed by atoms with van der Waals surface area (Å²) < 4.78 is 11.3. The van der Waals surface area contributed by atoms with Crippen LogP contribution in [-0.2, 0) is 17.9 Å². The van der Waals surface area contributed by atoms with Gasteiger partial charge in [-0.25, -0.2) is 0 Å². The Morgan fingerprint density at radius 2 is 1.93 bits per heavy atom. The van der Waals surface area contributed by atoms with E-state index in [4.69, 9.17) is 9.47 Å². The zero-order chi connectivity index (χ0) is 18.2. The number of nitrogens with one attached hydrogen (secondary N) is 2. The van der Waals surface area contributed by atoms with E-state index in [1.54, 1.807) is 7.11 Å². The Balaban J connectivity index is 0.00000261. The third-order valence-corrected chi connectivity index (χ3v) is 4.56. The van der Waals surface area contributed by atoms with E-state index in [2.05, 4.69) is 10.6 Å². The number of carbonyl (C=O) groups excluding carboxylic acids is 1. The van der Waals surface area contributed by atoms with E-state index in [-0.39, 0.29) is 24.4 Å². The molecule has 1 fully saturated rings. The van der Waals surface area contributed by atoms with Gasteiger partial charge >= 0.3 is 0 Å². The highest BCUT2D eigenvalue weighted by Crippen LogP contribution is 2.28. The Morgan fingerprint density at radius 3 is 2.63 bits per heavy atom. The van der Waals surface area contributed by atoms with Crippen LogP contribution in [0.15, 0.2) is 48.5 Å². The molecule has 0 saturated carbocycles. The average molecular weight is 391 g/mol. The van der Waals surface area contributed by atoms with Crippen molar-refractivity contribution in [2.24, 2.45) is 0 Å². The molecular formula is C21H27ClN2O3. The molecule has 5 nitrogen and oxygen atoms in total. The number of carbonyl (C=O) groups is 1. The number of benzene rings is 2. The Morgan fingerprint density at radius 1 is 1.11 bits per heavy atom. The van der Waals surface area contributed by atoms with Gasteiger partial charge in [-0.3, -0.25) is 4.79 Å². The van der Waals surface area contributed by atoms with Crippen molar-refractivity contribution < 1.29 is 14.3 Å². The smallest absolute Gasteiger partial charge is 0.237 e. The van der Waals surface area contributed by atoms with Crippen LogP contribution in [0.1, 0.15) is 30.4 Å². The number of piperidine rings is 1. The first kappa shape index (κ1) is 21.1. The van der Waals surface area contributed by atoms with Crippen LogP contribution in [0.2, 0.25) is 0 Å². The summed E-state index contributed by atoms with van der Waals surface area (Å²) in [7, 11) is 1.62. The molecule has 1 heterocycles. The summed E-state index contributed by atoms with van der Waals surface area (Å²) in [5.41, 5.74) is 2.09. The number of methoxy groups -OCH3 is 1. The second-order valence-electron chi connectivity index (χ2n) is 6.48. The van der Waals surface area contributed by atoms with Crippen molar-refractivity contribution in [3.63, 3.8) is 0 Å². The largest absolute Gasteiger partial charge is 0.493 e. The van der Waals surface area contributed by atoms with Gasteiger partial charge in [0.1, 0.15) is 6.61 Å². The van der Waals surface area contributed by atoms with Crippen molar-refractivity contribution in [2.45, 2.75) is 38.5 Å².